The fraction of sp³-hybridized carbons (Fsp3) is 0.455. The SMILES string of the molecule is Cc1ccccc1-c1noc(CCCC(=O)N(CCN(C)C)Cc2nc[nH]c2C)n1. The summed E-state index contributed by atoms with van der Waals surface area (Å²) >= 11 is 0. The Bertz CT molecular complexity index is 962. The third-order valence-electron chi connectivity index (χ3n) is 5.08. The minimum absolute atomic E-state index is 0.109. The normalized spacial score (nSPS) is 11.2. The largest absolute Gasteiger partial charge is 0.348 e. The van der Waals surface area contributed by atoms with Crippen LogP contribution in [0.3, 0.4) is 0 Å². The second-order valence-corrected chi connectivity index (χ2v) is 7.77. The van der Waals surface area contributed by atoms with Crippen molar-refractivity contribution in [2.24, 2.45) is 0 Å². The molecule has 3 rings (SSSR count). The van der Waals surface area contributed by atoms with Gasteiger partial charge in [-0.25, -0.2) is 4.98 Å². The Balaban J connectivity index is 1.56. The van der Waals surface area contributed by atoms with Crippen LogP contribution in [0.5, 0.6) is 0 Å². The molecular weight excluding hydrogens is 380 g/mol. The van der Waals surface area contributed by atoms with Gasteiger partial charge >= 0.3 is 0 Å². The van der Waals surface area contributed by atoms with Crippen molar-refractivity contribution >= 4 is 5.91 Å². The van der Waals surface area contributed by atoms with E-state index in [4.69, 9.17) is 4.52 Å². The van der Waals surface area contributed by atoms with E-state index in [1.165, 1.54) is 0 Å². The van der Waals surface area contributed by atoms with Crippen LogP contribution in [0.4, 0.5) is 0 Å². The van der Waals surface area contributed by atoms with Gasteiger partial charge in [-0.3, -0.25) is 4.79 Å². The summed E-state index contributed by atoms with van der Waals surface area (Å²) in [6, 6.07) is 7.94. The molecule has 0 bridgehead atoms. The van der Waals surface area contributed by atoms with E-state index in [1.807, 2.05) is 57.1 Å². The summed E-state index contributed by atoms with van der Waals surface area (Å²) < 4.78 is 5.39. The lowest BCUT2D eigenvalue weighted by atomic mass is 10.1. The Morgan fingerprint density at radius 1 is 1.17 bits per heavy atom. The third kappa shape index (κ3) is 5.76. The topological polar surface area (TPSA) is 91.2 Å². The van der Waals surface area contributed by atoms with Gasteiger partial charge in [-0.15, -0.1) is 0 Å². The standard InChI is InChI=1S/C22H30N6O2/c1-16-8-5-6-9-18(16)22-25-20(30-26-22)10-7-11-21(29)28(13-12-27(3)4)14-19-17(2)23-15-24-19/h5-6,8-9,15H,7,10-14H2,1-4H3,(H,23,24). The smallest absolute Gasteiger partial charge is 0.226 e. The van der Waals surface area contributed by atoms with Crippen molar-refractivity contribution in [2.75, 3.05) is 27.2 Å². The van der Waals surface area contributed by atoms with E-state index < -0.39 is 0 Å². The van der Waals surface area contributed by atoms with E-state index in [9.17, 15) is 4.79 Å². The maximum absolute atomic E-state index is 12.9. The van der Waals surface area contributed by atoms with Crippen molar-refractivity contribution in [2.45, 2.75) is 39.7 Å². The van der Waals surface area contributed by atoms with Gasteiger partial charge in [0.15, 0.2) is 0 Å². The minimum atomic E-state index is 0.109. The molecule has 0 unspecified atom stereocenters. The van der Waals surface area contributed by atoms with Crippen LogP contribution in [0, 0.1) is 13.8 Å². The number of carbonyl (C=O) groups excluding carboxylic acids is 1. The van der Waals surface area contributed by atoms with Crippen molar-refractivity contribution in [3.05, 3.63) is 53.4 Å². The number of hydrogen-bond donors (Lipinski definition) is 1. The highest BCUT2D eigenvalue weighted by atomic mass is 16.5. The molecule has 1 N–H and O–H groups in total. The molecule has 1 aromatic carbocycles. The molecule has 0 radical (unpaired) electrons. The highest BCUT2D eigenvalue weighted by molar-refractivity contribution is 5.76. The van der Waals surface area contributed by atoms with Crippen molar-refractivity contribution in [3.8, 4) is 11.4 Å². The average Bonchev–Trinajstić information content (AvgIpc) is 3.34. The van der Waals surface area contributed by atoms with Crippen molar-refractivity contribution in [1.29, 1.82) is 0 Å². The molecule has 2 aromatic heterocycles. The van der Waals surface area contributed by atoms with E-state index in [0.29, 0.717) is 44.1 Å². The number of nitrogens with zero attached hydrogens (tertiary/aromatic N) is 5. The van der Waals surface area contributed by atoms with Gasteiger partial charge in [0.25, 0.3) is 0 Å². The van der Waals surface area contributed by atoms with E-state index in [2.05, 4.69) is 25.0 Å². The number of aryl methyl sites for hydroxylation is 3. The predicted molar refractivity (Wildman–Crippen MR) is 115 cm³/mol. The van der Waals surface area contributed by atoms with Crippen LogP contribution in [-0.4, -0.2) is 63.0 Å². The molecule has 0 saturated carbocycles. The molecule has 160 valence electrons. The van der Waals surface area contributed by atoms with E-state index in [-0.39, 0.29) is 5.91 Å². The van der Waals surface area contributed by atoms with Gasteiger partial charge in [0.2, 0.25) is 17.6 Å². The van der Waals surface area contributed by atoms with Crippen LogP contribution < -0.4 is 0 Å². The van der Waals surface area contributed by atoms with Gasteiger partial charge in [-0.05, 0) is 39.9 Å². The molecule has 0 saturated heterocycles. The molecule has 0 fully saturated rings. The zero-order chi connectivity index (χ0) is 21.5. The molecule has 0 spiro atoms. The fourth-order valence-electron chi connectivity index (χ4n) is 3.18. The summed E-state index contributed by atoms with van der Waals surface area (Å²) in [5.41, 5.74) is 3.96. The van der Waals surface area contributed by atoms with Crippen molar-refractivity contribution in [3.63, 3.8) is 0 Å². The zero-order valence-corrected chi connectivity index (χ0v) is 18.2. The highest BCUT2D eigenvalue weighted by Crippen LogP contribution is 2.20. The summed E-state index contributed by atoms with van der Waals surface area (Å²) in [6.07, 6.45) is 3.33. The number of benzene rings is 1. The molecule has 0 aliphatic heterocycles. The highest BCUT2D eigenvalue weighted by Gasteiger charge is 2.17. The molecule has 0 atom stereocenters. The van der Waals surface area contributed by atoms with Crippen LogP contribution in [0.1, 0.15) is 35.7 Å². The Morgan fingerprint density at radius 3 is 2.67 bits per heavy atom. The Morgan fingerprint density at radius 2 is 1.97 bits per heavy atom. The Labute approximate surface area is 177 Å². The maximum Gasteiger partial charge on any atom is 0.226 e. The maximum atomic E-state index is 12.9. The first-order chi connectivity index (χ1) is 14.4. The van der Waals surface area contributed by atoms with Crippen molar-refractivity contribution in [1.82, 2.24) is 29.9 Å². The lowest BCUT2D eigenvalue weighted by Crippen LogP contribution is -2.36. The second-order valence-electron chi connectivity index (χ2n) is 7.77. The number of aromatic nitrogens is 4. The summed E-state index contributed by atoms with van der Waals surface area (Å²) in [6.45, 7) is 5.97. The number of carbonyl (C=O) groups is 1. The molecule has 3 aromatic rings. The molecule has 0 aliphatic rings. The molecule has 30 heavy (non-hydrogen) atoms. The van der Waals surface area contributed by atoms with E-state index in [1.54, 1.807) is 6.33 Å². The number of H-pyrrole nitrogens is 1. The summed E-state index contributed by atoms with van der Waals surface area (Å²) in [4.78, 5) is 28.7. The average molecular weight is 411 g/mol. The molecule has 0 aliphatic carbocycles. The number of hydrogen-bond acceptors (Lipinski definition) is 6. The van der Waals surface area contributed by atoms with Crippen LogP contribution in [0.15, 0.2) is 35.1 Å². The lowest BCUT2D eigenvalue weighted by Gasteiger charge is -2.24. The quantitative estimate of drug-likeness (QED) is 0.552. The van der Waals surface area contributed by atoms with Crippen LogP contribution >= 0.6 is 0 Å². The Kier molecular flexibility index (Phi) is 7.35. The number of amides is 1. The van der Waals surface area contributed by atoms with Gasteiger partial charge in [0, 0.05) is 37.2 Å². The molecule has 1 amide bonds. The van der Waals surface area contributed by atoms with Gasteiger partial charge < -0.3 is 19.3 Å². The lowest BCUT2D eigenvalue weighted by molar-refractivity contribution is -0.132. The number of imidazole rings is 1. The van der Waals surface area contributed by atoms with E-state index >= 15 is 0 Å². The zero-order valence-electron chi connectivity index (χ0n) is 18.2. The van der Waals surface area contributed by atoms with Gasteiger partial charge in [-0.2, -0.15) is 4.98 Å². The molecule has 2 heterocycles. The third-order valence-corrected chi connectivity index (χ3v) is 5.08. The van der Waals surface area contributed by atoms with Crippen LogP contribution in [0.25, 0.3) is 11.4 Å². The number of aromatic amines is 1. The summed E-state index contributed by atoms with van der Waals surface area (Å²) in [5, 5.41) is 4.09. The fourth-order valence-corrected chi connectivity index (χ4v) is 3.18. The van der Waals surface area contributed by atoms with Crippen molar-refractivity contribution < 1.29 is 9.32 Å². The first-order valence-corrected chi connectivity index (χ1v) is 10.2. The summed E-state index contributed by atoms with van der Waals surface area (Å²) in [5.74, 6) is 1.26. The van der Waals surface area contributed by atoms with Crippen LogP contribution in [-0.2, 0) is 17.8 Å². The van der Waals surface area contributed by atoms with Gasteiger partial charge in [-0.1, -0.05) is 29.4 Å². The second kappa shape index (κ2) is 10.2. The molecule has 8 nitrogen and oxygen atoms in total. The van der Waals surface area contributed by atoms with E-state index in [0.717, 1.165) is 29.1 Å². The first kappa shape index (κ1) is 21.7. The van der Waals surface area contributed by atoms with Gasteiger partial charge in [0.1, 0.15) is 0 Å². The van der Waals surface area contributed by atoms with Crippen LogP contribution in [0.2, 0.25) is 0 Å². The Hall–Kier alpha value is -3.00. The number of nitrogens with one attached hydrogen (secondary N) is 1. The minimum Gasteiger partial charge on any atom is -0.348 e. The summed E-state index contributed by atoms with van der Waals surface area (Å²) in [7, 11) is 4.01. The van der Waals surface area contributed by atoms with Gasteiger partial charge in [0.05, 0.1) is 18.6 Å². The molecule has 8 heteroatoms. The monoisotopic (exact) mass is 410 g/mol. The predicted octanol–water partition coefficient (Wildman–Crippen LogP) is 2.99. The first-order valence-electron chi connectivity index (χ1n) is 10.2. The molecular formula is C22H30N6O2. The number of rotatable bonds is 10. The number of likely N-dealkylation sites (N-methyl/N-ethyl adjacent to an activating group) is 1.